The summed E-state index contributed by atoms with van der Waals surface area (Å²) in [6, 6.07) is 2.66. The Morgan fingerprint density at radius 3 is 2.52 bits per heavy atom. The third-order valence-electron chi connectivity index (χ3n) is 4.41. The van der Waals surface area contributed by atoms with E-state index in [2.05, 4.69) is 13.8 Å². The second-order valence-electron chi connectivity index (χ2n) is 6.72. The molecular formula is C18H21Cl2FN2O2. The van der Waals surface area contributed by atoms with Crippen molar-refractivity contribution in [2.75, 3.05) is 6.61 Å². The molecule has 0 atom stereocenters. The fourth-order valence-electron chi connectivity index (χ4n) is 2.99. The summed E-state index contributed by atoms with van der Waals surface area (Å²) >= 11 is 12.5. The molecule has 0 unspecified atom stereocenters. The van der Waals surface area contributed by atoms with Gasteiger partial charge < -0.3 is 4.74 Å². The maximum absolute atomic E-state index is 14.5. The Labute approximate surface area is 156 Å². The molecule has 0 bridgehead atoms. The summed E-state index contributed by atoms with van der Waals surface area (Å²) in [5.74, 6) is 0.267. The topological polar surface area (TPSA) is 36.2 Å². The van der Waals surface area contributed by atoms with Gasteiger partial charge in [0.1, 0.15) is 16.7 Å². The summed E-state index contributed by atoms with van der Waals surface area (Å²) in [6.07, 6.45) is 2.71. The Bertz CT molecular complexity index is 843. The van der Waals surface area contributed by atoms with Gasteiger partial charge in [-0.05, 0) is 37.3 Å². The van der Waals surface area contributed by atoms with Gasteiger partial charge in [-0.3, -0.25) is 9.48 Å². The van der Waals surface area contributed by atoms with Gasteiger partial charge in [-0.1, -0.05) is 37.0 Å². The summed E-state index contributed by atoms with van der Waals surface area (Å²) in [6.45, 7) is 5.90. The zero-order chi connectivity index (χ0) is 18.1. The number of rotatable bonds is 5. The number of fused-ring (bicyclic) bond motifs is 1. The van der Waals surface area contributed by atoms with E-state index in [9.17, 15) is 9.18 Å². The third kappa shape index (κ3) is 3.58. The van der Waals surface area contributed by atoms with E-state index in [4.69, 9.17) is 27.9 Å². The lowest BCUT2D eigenvalue weighted by Crippen LogP contribution is -2.27. The number of benzene rings is 1. The molecule has 0 spiro atoms. The zero-order valence-corrected chi connectivity index (χ0v) is 15.8. The highest BCUT2D eigenvalue weighted by Gasteiger charge is 2.25. The van der Waals surface area contributed by atoms with Gasteiger partial charge in [0.15, 0.2) is 0 Å². The van der Waals surface area contributed by atoms with Crippen LogP contribution >= 0.6 is 23.2 Å². The maximum Gasteiger partial charge on any atom is 0.276 e. The van der Waals surface area contributed by atoms with E-state index in [1.54, 1.807) is 9.36 Å². The maximum atomic E-state index is 14.5. The van der Waals surface area contributed by atoms with Crippen LogP contribution in [0, 0.1) is 11.7 Å². The molecule has 4 nitrogen and oxygen atoms in total. The van der Waals surface area contributed by atoms with E-state index >= 15 is 0 Å². The first-order chi connectivity index (χ1) is 11.9. The second-order valence-corrected chi connectivity index (χ2v) is 7.48. The van der Waals surface area contributed by atoms with Crippen LogP contribution in [0.25, 0.3) is 11.1 Å². The molecule has 1 aromatic heterocycles. The molecule has 0 fully saturated rings. The normalized spacial score (nSPS) is 14.0. The van der Waals surface area contributed by atoms with Crippen LogP contribution in [0.15, 0.2) is 16.9 Å². The van der Waals surface area contributed by atoms with Crippen molar-refractivity contribution in [1.82, 2.24) is 9.36 Å². The van der Waals surface area contributed by atoms with Gasteiger partial charge in [0.25, 0.3) is 5.56 Å². The van der Waals surface area contributed by atoms with Gasteiger partial charge in [0.05, 0.1) is 17.2 Å². The van der Waals surface area contributed by atoms with Gasteiger partial charge >= 0.3 is 0 Å². The lowest BCUT2D eigenvalue weighted by molar-refractivity contribution is 0.289. The predicted octanol–water partition coefficient (Wildman–Crippen LogP) is 4.98. The van der Waals surface area contributed by atoms with Crippen molar-refractivity contribution >= 4 is 23.2 Å². The minimum absolute atomic E-state index is 0.133. The van der Waals surface area contributed by atoms with E-state index in [-0.39, 0.29) is 26.9 Å². The van der Waals surface area contributed by atoms with Crippen LogP contribution in [0.3, 0.4) is 0 Å². The molecule has 0 saturated heterocycles. The van der Waals surface area contributed by atoms with Gasteiger partial charge in [0, 0.05) is 18.7 Å². The number of hydrogen-bond donors (Lipinski definition) is 0. The number of aromatic nitrogens is 2. The van der Waals surface area contributed by atoms with E-state index in [1.165, 1.54) is 12.1 Å². The minimum Gasteiger partial charge on any atom is -0.492 e. The quantitative estimate of drug-likeness (QED) is 0.726. The summed E-state index contributed by atoms with van der Waals surface area (Å²) in [5, 5.41) is 0.448. The first-order valence-corrected chi connectivity index (χ1v) is 9.27. The zero-order valence-electron chi connectivity index (χ0n) is 14.3. The fourth-order valence-corrected chi connectivity index (χ4v) is 3.55. The first-order valence-electron chi connectivity index (χ1n) is 8.51. The Kier molecular flexibility index (Phi) is 5.44. The SMILES string of the molecule is CC(C)CCOc1cc(-c2c(Cl)n3n(c2=O)CCCC3)c(F)cc1Cl. The molecule has 2 aromatic rings. The predicted molar refractivity (Wildman–Crippen MR) is 98.3 cm³/mol. The van der Waals surface area contributed by atoms with Crippen LogP contribution in [-0.2, 0) is 13.1 Å². The van der Waals surface area contributed by atoms with Gasteiger partial charge in [-0.25, -0.2) is 9.07 Å². The van der Waals surface area contributed by atoms with Crippen molar-refractivity contribution in [1.29, 1.82) is 0 Å². The smallest absolute Gasteiger partial charge is 0.276 e. The Balaban J connectivity index is 2.03. The van der Waals surface area contributed by atoms with Crippen LogP contribution in [0.2, 0.25) is 10.2 Å². The summed E-state index contributed by atoms with van der Waals surface area (Å²) in [7, 11) is 0. The number of nitrogens with zero attached hydrogens (tertiary/aromatic N) is 2. The van der Waals surface area contributed by atoms with E-state index in [0.29, 0.717) is 31.4 Å². The average Bonchev–Trinajstić information content (AvgIpc) is 2.81. The van der Waals surface area contributed by atoms with Crippen LogP contribution in [-0.4, -0.2) is 16.0 Å². The molecule has 136 valence electrons. The van der Waals surface area contributed by atoms with Crippen molar-refractivity contribution in [2.24, 2.45) is 5.92 Å². The highest BCUT2D eigenvalue weighted by molar-refractivity contribution is 6.33. The minimum atomic E-state index is -0.580. The molecule has 7 heteroatoms. The molecule has 1 aliphatic rings. The van der Waals surface area contributed by atoms with E-state index in [1.807, 2.05) is 0 Å². The Morgan fingerprint density at radius 1 is 1.20 bits per heavy atom. The number of hydrogen-bond acceptors (Lipinski definition) is 2. The average molecular weight is 387 g/mol. The van der Waals surface area contributed by atoms with Crippen molar-refractivity contribution in [3.8, 4) is 16.9 Å². The number of halogens is 3. The highest BCUT2D eigenvalue weighted by Crippen LogP contribution is 2.35. The molecule has 3 rings (SSSR count). The lowest BCUT2D eigenvalue weighted by atomic mass is 10.1. The largest absolute Gasteiger partial charge is 0.492 e. The van der Waals surface area contributed by atoms with Crippen LogP contribution in [0.5, 0.6) is 5.75 Å². The van der Waals surface area contributed by atoms with Crippen LogP contribution < -0.4 is 10.3 Å². The molecule has 0 amide bonds. The summed E-state index contributed by atoms with van der Waals surface area (Å²) in [5.41, 5.74) is 0.0267. The lowest BCUT2D eigenvalue weighted by Gasteiger charge is -2.17. The summed E-state index contributed by atoms with van der Waals surface area (Å²) < 4.78 is 23.5. The van der Waals surface area contributed by atoms with Crippen molar-refractivity contribution < 1.29 is 9.13 Å². The molecule has 1 aromatic carbocycles. The van der Waals surface area contributed by atoms with Gasteiger partial charge in [-0.2, -0.15) is 0 Å². The van der Waals surface area contributed by atoms with Crippen LogP contribution in [0.1, 0.15) is 33.1 Å². The van der Waals surface area contributed by atoms with Crippen LogP contribution in [0.4, 0.5) is 4.39 Å². The molecule has 0 N–H and O–H groups in total. The highest BCUT2D eigenvalue weighted by atomic mass is 35.5. The summed E-state index contributed by atoms with van der Waals surface area (Å²) in [4.78, 5) is 12.7. The van der Waals surface area contributed by atoms with E-state index < -0.39 is 5.82 Å². The van der Waals surface area contributed by atoms with Crippen molar-refractivity contribution in [2.45, 2.75) is 46.2 Å². The van der Waals surface area contributed by atoms with Crippen molar-refractivity contribution in [3.63, 3.8) is 0 Å². The molecule has 25 heavy (non-hydrogen) atoms. The second kappa shape index (κ2) is 7.42. The van der Waals surface area contributed by atoms with E-state index in [0.717, 1.165) is 19.3 Å². The first kappa shape index (κ1) is 18.3. The molecule has 0 radical (unpaired) electrons. The molecular weight excluding hydrogens is 366 g/mol. The van der Waals surface area contributed by atoms with Gasteiger partial charge in [0.2, 0.25) is 0 Å². The molecule has 2 heterocycles. The monoisotopic (exact) mass is 386 g/mol. The molecule has 0 aliphatic carbocycles. The van der Waals surface area contributed by atoms with Gasteiger partial charge in [-0.15, -0.1) is 0 Å². The number of ether oxygens (including phenoxy) is 1. The third-order valence-corrected chi connectivity index (χ3v) is 5.09. The molecule has 1 aliphatic heterocycles. The molecule has 0 saturated carbocycles. The Hall–Kier alpha value is -1.46. The standard InChI is InChI=1S/C18H21Cl2FN2O2/c1-11(2)5-8-25-15-9-12(14(21)10-13(15)19)16-17(20)22-6-3-4-7-23(22)18(16)24/h9-11H,3-8H2,1-2H3. The van der Waals surface area contributed by atoms with Crippen molar-refractivity contribution in [3.05, 3.63) is 38.5 Å². The Morgan fingerprint density at radius 2 is 1.88 bits per heavy atom. The fraction of sp³-hybridized carbons (Fsp3) is 0.500.